The molecule has 1 N–H and O–H groups in total. The monoisotopic (exact) mass is 320 g/mol. The standard InChI is InChI=1S/C14H12N2O3S2/c17-21(18,14-4-2-6-20-14)16-9-11-7-12(10-15-8-11)13-3-1-5-19-13/h1-8,10,16H,9H2. The Balaban J connectivity index is 1.76. The van der Waals surface area contributed by atoms with Gasteiger partial charge in [0.15, 0.2) is 0 Å². The van der Waals surface area contributed by atoms with Crippen molar-refractivity contribution in [2.24, 2.45) is 0 Å². The zero-order valence-electron chi connectivity index (χ0n) is 10.9. The van der Waals surface area contributed by atoms with Gasteiger partial charge in [-0.1, -0.05) is 6.07 Å². The van der Waals surface area contributed by atoms with E-state index < -0.39 is 10.0 Å². The molecule has 0 atom stereocenters. The van der Waals surface area contributed by atoms with Crippen LogP contribution in [0, 0.1) is 0 Å². The molecule has 3 aromatic rings. The molecule has 0 radical (unpaired) electrons. The van der Waals surface area contributed by atoms with E-state index in [1.807, 2.05) is 12.1 Å². The zero-order valence-corrected chi connectivity index (χ0v) is 12.5. The first-order chi connectivity index (χ1) is 10.1. The SMILES string of the molecule is O=S(=O)(NCc1cncc(-c2ccco2)c1)c1cccs1. The van der Waals surface area contributed by atoms with Crippen LogP contribution in [-0.4, -0.2) is 13.4 Å². The summed E-state index contributed by atoms with van der Waals surface area (Å²) in [7, 11) is -3.46. The van der Waals surface area contributed by atoms with Crippen molar-refractivity contribution in [2.45, 2.75) is 10.8 Å². The lowest BCUT2D eigenvalue weighted by Crippen LogP contribution is -2.22. The summed E-state index contributed by atoms with van der Waals surface area (Å²) in [6, 6.07) is 8.75. The number of hydrogen-bond acceptors (Lipinski definition) is 5. The van der Waals surface area contributed by atoms with Crippen LogP contribution in [0.3, 0.4) is 0 Å². The highest BCUT2D eigenvalue weighted by atomic mass is 32.2. The van der Waals surface area contributed by atoms with Crippen LogP contribution in [-0.2, 0) is 16.6 Å². The largest absolute Gasteiger partial charge is 0.464 e. The Hall–Kier alpha value is -1.96. The number of furan rings is 1. The molecule has 0 bridgehead atoms. The number of nitrogens with zero attached hydrogens (tertiary/aromatic N) is 1. The van der Waals surface area contributed by atoms with Crippen molar-refractivity contribution in [3.8, 4) is 11.3 Å². The molecule has 0 saturated heterocycles. The lowest BCUT2D eigenvalue weighted by molar-refractivity contribution is 0.581. The third-order valence-electron chi connectivity index (χ3n) is 2.83. The first-order valence-electron chi connectivity index (χ1n) is 6.16. The second-order valence-corrected chi connectivity index (χ2v) is 7.26. The number of nitrogens with one attached hydrogen (secondary N) is 1. The predicted molar refractivity (Wildman–Crippen MR) is 80.3 cm³/mol. The maximum Gasteiger partial charge on any atom is 0.250 e. The van der Waals surface area contributed by atoms with E-state index in [0.29, 0.717) is 9.97 Å². The van der Waals surface area contributed by atoms with Crippen molar-refractivity contribution in [2.75, 3.05) is 0 Å². The molecule has 0 spiro atoms. The molecule has 7 heteroatoms. The van der Waals surface area contributed by atoms with Crippen molar-refractivity contribution in [1.29, 1.82) is 0 Å². The molecular weight excluding hydrogens is 308 g/mol. The quantitative estimate of drug-likeness (QED) is 0.784. The molecule has 0 aliphatic rings. The van der Waals surface area contributed by atoms with Crippen LogP contribution in [0.5, 0.6) is 0 Å². The third-order valence-corrected chi connectivity index (χ3v) is 5.63. The second-order valence-electron chi connectivity index (χ2n) is 4.32. The molecule has 108 valence electrons. The van der Waals surface area contributed by atoms with Gasteiger partial charge in [-0.2, -0.15) is 0 Å². The molecule has 0 fully saturated rings. The normalized spacial score (nSPS) is 11.6. The predicted octanol–water partition coefficient (Wildman–Crippen LogP) is 2.88. The summed E-state index contributed by atoms with van der Waals surface area (Å²) < 4.78 is 32.2. The van der Waals surface area contributed by atoms with Crippen LogP contribution in [0.15, 0.2) is 63.0 Å². The summed E-state index contributed by atoms with van der Waals surface area (Å²) >= 11 is 1.19. The number of hydrogen-bond donors (Lipinski definition) is 1. The highest BCUT2D eigenvalue weighted by molar-refractivity contribution is 7.91. The van der Waals surface area contributed by atoms with E-state index in [-0.39, 0.29) is 6.54 Å². The van der Waals surface area contributed by atoms with E-state index in [4.69, 9.17) is 4.42 Å². The summed E-state index contributed by atoms with van der Waals surface area (Å²) in [5.74, 6) is 0.700. The molecule has 3 rings (SSSR count). The van der Waals surface area contributed by atoms with Crippen LogP contribution in [0.1, 0.15) is 5.56 Å². The smallest absolute Gasteiger partial charge is 0.250 e. The Morgan fingerprint density at radius 1 is 1.24 bits per heavy atom. The maximum atomic E-state index is 12.0. The molecular formula is C14H12N2O3S2. The first-order valence-corrected chi connectivity index (χ1v) is 8.52. The van der Waals surface area contributed by atoms with Gasteiger partial charge in [0.1, 0.15) is 9.97 Å². The van der Waals surface area contributed by atoms with E-state index in [1.165, 1.54) is 11.3 Å². The highest BCUT2D eigenvalue weighted by Crippen LogP contribution is 2.20. The fourth-order valence-electron chi connectivity index (χ4n) is 1.83. The Labute approximate surface area is 126 Å². The van der Waals surface area contributed by atoms with Crippen molar-refractivity contribution >= 4 is 21.4 Å². The van der Waals surface area contributed by atoms with Gasteiger partial charge in [-0.25, -0.2) is 13.1 Å². The fourth-order valence-corrected chi connectivity index (χ4v) is 3.88. The molecule has 0 saturated carbocycles. The van der Waals surface area contributed by atoms with Crippen LogP contribution in [0.2, 0.25) is 0 Å². The number of aromatic nitrogens is 1. The van der Waals surface area contributed by atoms with E-state index in [1.54, 1.807) is 42.2 Å². The van der Waals surface area contributed by atoms with Gasteiger partial charge in [0.25, 0.3) is 0 Å². The van der Waals surface area contributed by atoms with Crippen LogP contribution >= 0.6 is 11.3 Å². The summed E-state index contributed by atoms with van der Waals surface area (Å²) in [6.07, 6.45) is 4.89. The molecule has 0 aliphatic heterocycles. The Bertz CT molecular complexity index is 810. The molecule has 5 nitrogen and oxygen atoms in total. The van der Waals surface area contributed by atoms with Crippen molar-refractivity contribution in [3.63, 3.8) is 0 Å². The average molecular weight is 320 g/mol. The van der Waals surface area contributed by atoms with E-state index in [0.717, 1.165) is 11.1 Å². The minimum Gasteiger partial charge on any atom is -0.464 e. The third kappa shape index (κ3) is 3.21. The van der Waals surface area contributed by atoms with E-state index in [9.17, 15) is 8.42 Å². The Morgan fingerprint density at radius 3 is 2.86 bits per heavy atom. The van der Waals surface area contributed by atoms with Gasteiger partial charge in [0.2, 0.25) is 10.0 Å². The minimum atomic E-state index is -3.46. The summed E-state index contributed by atoms with van der Waals surface area (Å²) in [4.78, 5) is 4.11. The van der Waals surface area contributed by atoms with E-state index >= 15 is 0 Å². The van der Waals surface area contributed by atoms with Gasteiger partial charge in [-0.3, -0.25) is 4.98 Å². The number of thiophene rings is 1. The lowest BCUT2D eigenvalue weighted by atomic mass is 10.2. The van der Waals surface area contributed by atoms with Crippen molar-refractivity contribution in [3.05, 3.63) is 59.9 Å². The Kier molecular flexibility index (Phi) is 3.87. The number of pyridine rings is 1. The zero-order chi connectivity index (χ0) is 14.7. The van der Waals surface area contributed by atoms with Crippen molar-refractivity contribution < 1.29 is 12.8 Å². The molecule has 0 aliphatic carbocycles. The van der Waals surface area contributed by atoms with Gasteiger partial charge in [-0.15, -0.1) is 11.3 Å². The van der Waals surface area contributed by atoms with Crippen LogP contribution in [0.4, 0.5) is 0 Å². The molecule has 3 heterocycles. The second kappa shape index (κ2) is 5.80. The minimum absolute atomic E-state index is 0.182. The van der Waals surface area contributed by atoms with Gasteiger partial charge < -0.3 is 4.42 Å². The molecule has 0 aromatic carbocycles. The van der Waals surface area contributed by atoms with Gasteiger partial charge in [0.05, 0.1) is 6.26 Å². The van der Waals surface area contributed by atoms with E-state index in [2.05, 4.69) is 9.71 Å². The lowest BCUT2D eigenvalue weighted by Gasteiger charge is -2.05. The van der Waals surface area contributed by atoms with Crippen LogP contribution < -0.4 is 4.72 Å². The first kappa shape index (κ1) is 14.0. The summed E-state index contributed by atoms with van der Waals surface area (Å²) in [6.45, 7) is 0.182. The van der Waals surface area contributed by atoms with Crippen molar-refractivity contribution in [1.82, 2.24) is 9.71 Å². The molecule has 0 unspecified atom stereocenters. The molecule has 0 amide bonds. The van der Waals surface area contributed by atoms with Gasteiger partial charge in [0, 0.05) is 24.5 Å². The summed E-state index contributed by atoms with van der Waals surface area (Å²) in [5.41, 5.74) is 1.58. The maximum absolute atomic E-state index is 12.0. The Morgan fingerprint density at radius 2 is 2.14 bits per heavy atom. The summed E-state index contributed by atoms with van der Waals surface area (Å²) in [5, 5.41) is 1.73. The highest BCUT2D eigenvalue weighted by Gasteiger charge is 2.14. The number of rotatable bonds is 5. The van der Waals surface area contributed by atoms with Gasteiger partial charge >= 0.3 is 0 Å². The average Bonchev–Trinajstić information content (AvgIpc) is 3.18. The topological polar surface area (TPSA) is 72.2 Å². The molecule has 21 heavy (non-hydrogen) atoms. The van der Waals surface area contributed by atoms with Gasteiger partial charge in [-0.05, 0) is 35.2 Å². The number of sulfonamides is 1. The fraction of sp³-hybridized carbons (Fsp3) is 0.0714. The van der Waals surface area contributed by atoms with Crippen LogP contribution in [0.25, 0.3) is 11.3 Å². The molecule has 3 aromatic heterocycles.